The van der Waals surface area contributed by atoms with Crippen LogP contribution in [0.15, 0.2) is 58.5 Å². The number of hydrogen-bond acceptors (Lipinski definition) is 4. The van der Waals surface area contributed by atoms with Gasteiger partial charge in [0.05, 0.1) is 4.90 Å². The predicted octanol–water partition coefficient (Wildman–Crippen LogP) is 3.97. The van der Waals surface area contributed by atoms with E-state index in [1.54, 1.807) is 61.8 Å². The summed E-state index contributed by atoms with van der Waals surface area (Å²) in [5.74, 6) is 0.0584. The van der Waals surface area contributed by atoms with E-state index in [0.29, 0.717) is 11.5 Å². The fourth-order valence-corrected chi connectivity index (χ4v) is 3.92. The van der Waals surface area contributed by atoms with Gasteiger partial charge in [0.25, 0.3) is 5.91 Å². The fourth-order valence-electron chi connectivity index (χ4n) is 2.76. The normalized spacial score (nSPS) is 12.1. The lowest BCUT2D eigenvalue weighted by molar-refractivity contribution is 0.0955. The Morgan fingerprint density at radius 3 is 2.21 bits per heavy atom. The van der Waals surface area contributed by atoms with E-state index < -0.39 is 10.0 Å². The first-order chi connectivity index (χ1) is 13.8. The van der Waals surface area contributed by atoms with Crippen LogP contribution < -0.4 is 5.43 Å². The molecular formula is C22H29N3O3S. The summed E-state index contributed by atoms with van der Waals surface area (Å²) in [7, 11) is -2.03. The third-order valence-corrected chi connectivity index (χ3v) is 6.67. The summed E-state index contributed by atoms with van der Waals surface area (Å²) in [6.07, 6.45) is 3.71. The van der Waals surface area contributed by atoms with Crippen LogP contribution in [0.2, 0.25) is 0 Å². The van der Waals surface area contributed by atoms with Gasteiger partial charge in [0, 0.05) is 25.4 Å². The van der Waals surface area contributed by atoms with Gasteiger partial charge in [0.1, 0.15) is 0 Å². The summed E-state index contributed by atoms with van der Waals surface area (Å²) < 4.78 is 26.7. The van der Waals surface area contributed by atoms with E-state index in [1.165, 1.54) is 4.31 Å². The highest BCUT2D eigenvalue weighted by molar-refractivity contribution is 7.89. The molecule has 0 saturated carbocycles. The molecule has 0 radical (unpaired) electrons. The number of carbonyl (C=O) groups excluding carboxylic acids is 1. The maximum atomic E-state index is 12.7. The minimum atomic E-state index is -3.57. The third kappa shape index (κ3) is 6.24. The van der Waals surface area contributed by atoms with Gasteiger partial charge in [-0.25, -0.2) is 13.8 Å². The van der Waals surface area contributed by atoms with Gasteiger partial charge in [0.2, 0.25) is 10.0 Å². The van der Waals surface area contributed by atoms with Crippen molar-refractivity contribution in [3.63, 3.8) is 0 Å². The molecular weight excluding hydrogens is 386 g/mol. The Balaban J connectivity index is 2.01. The smallest absolute Gasteiger partial charge is 0.267 e. The van der Waals surface area contributed by atoms with E-state index >= 15 is 0 Å². The zero-order valence-corrected chi connectivity index (χ0v) is 18.2. The number of nitrogens with zero attached hydrogens (tertiary/aromatic N) is 2. The van der Waals surface area contributed by atoms with E-state index in [1.807, 2.05) is 6.92 Å². The number of hydrogen-bond donors (Lipinski definition) is 1. The monoisotopic (exact) mass is 415 g/mol. The zero-order valence-electron chi connectivity index (χ0n) is 17.4. The van der Waals surface area contributed by atoms with E-state index in [9.17, 15) is 13.2 Å². The number of benzene rings is 2. The van der Waals surface area contributed by atoms with Gasteiger partial charge >= 0.3 is 0 Å². The van der Waals surface area contributed by atoms with E-state index in [0.717, 1.165) is 24.0 Å². The van der Waals surface area contributed by atoms with Crippen molar-refractivity contribution in [1.29, 1.82) is 0 Å². The highest BCUT2D eigenvalue weighted by Crippen LogP contribution is 2.17. The molecule has 0 saturated heterocycles. The first-order valence-electron chi connectivity index (χ1n) is 9.73. The predicted molar refractivity (Wildman–Crippen MR) is 116 cm³/mol. The molecule has 0 bridgehead atoms. The van der Waals surface area contributed by atoms with Crippen molar-refractivity contribution in [2.24, 2.45) is 11.0 Å². The molecule has 6 nitrogen and oxygen atoms in total. The highest BCUT2D eigenvalue weighted by Gasteiger charge is 2.20. The van der Waals surface area contributed by atoms with E-state index in [4.69, 9.17) is 0 Å². The Kier molecular flexibility index (Phi) is 8.10. The standard InChI is InChI=1S/C22H29N3O3S/c1-5-18(6-2)15-23-24-22(26)20-11-9-19(10-12-20)16-25(4)29(27,28)21-13-7-17(3)8-14-21/h7-15,18H,5-6,16H2,1-4H3,(H,24,26)/b23-15-. The van der Waals surface area contributed by atoms with Crippen LogP contribution in [0.1, 0.15) is 48.2 Å². The first-order valence-corrected chi connectivity index (χ1v) is 11.2. The molecule has 0 aromatic heterocycles. The Hall–Kier alpha value is -2.51. The van der Waals surface area contributed by atoms with Crippen LogP contribution in [-0.4, -0.2) is 31.9 Å². The third-order valence-electron chi connectivity index (χ3n) is 4.85. The molecule has 1 N–H and O–H groups in total. The summed E-state index contributed by atoms with van der Waals surface area (Å²) in [6.45, 7) is 6.29. The largest absolute Gasteiger partial charge is 0.271 e. The zero-order chi connectivity index (χ0) is 21.4. The SMILES string of the molecule is CCC(/C=N\NC(=O)c1ccc(CN(C)S(=O)(=O)c2ccc(C)cc2)cc1)CC. The van der Waals surface area contributed by atoms with E-state index in [-0.39, 0.29) is 17.3 Å². The second kappa shape index (κ2) is 10.3. The van der Waals surface area contributed by atoms with Crippen molar-refractivity contribution >= 4 is 22.1 Å². The fraction of sp³-hybridized carbons (Fsp3) is 0.364. The Morgan fingerprint density at radius 1 is 1.07 bits per heavy atom. The average molecular weight is 416 g/mol. The van der Waals surface area contributed by atoms with Crippen LogP contribution in [0.4, 0.5) is 0 Å². The van der Waals surface area contributed by atoms with Crippen LogP contribution in [0.5, 0.6) is 0 Å². The quantitative estimate of drug-likeness (QED) is 0.497. The summed E-state index contributed by atoms with van der Waals surface area (Å²) in [5.41, 5.74) is 4.80. The molecule has 2 rings (SSSR count). The number of aryl methyl sites for hydroxylation is 1. The van der Waals surface area contributed by atoms with Gasteiger partial charge in [-0.2, -0.15) is 9.41 Å². The van der Waals surface area contributed by atoms with Gasteiger partial charge < -0.3 is 0 Å². The molecule has 0 unspecified atom stereocenters. The Bertz CT molecular complexity index is 932. The van der Waals surface area contributed by atoms with Crippen molar-refractivity contribution in [2.45, 2.75) is 45.1 Å². The number of amides is 1. The molecule has 0 aliphatic rings. The Labute approximate surface area is 173 Å². The first kappa shape index (κ1) is 22.8. The lowest BCUT2D eigenvalue weighted by Crippen LogP contribution is -2.26. The van der Waals surface area contributed by atoms with Gasteiger partial charge in [-0.15, -0.1) is 0 Å². The van der Waals surface area contributed by atoms with Crippen LogP contribution in [-0.2, 0) is 16.6 Å². The van der Waals surface area contributed by atoms with Gasteiger partial charge in [0.15, 0.2) is 0 Å². The highest BCUT2D eigenvalue weighted by atomic mass is 32.2. The van der Waals surface area contributed by atoms with Crippen LogP contribution >= 0.6 is 0 Å². The molecule has 0 heterocycles. The lowest BCUT2D eigenvalue weighted by Gasteiger charge is -2.17. The van der Waals surface area contributed by atoms with Gasteiger partial charge in [-0.1, -0.05) is 43.7 Å². The summed E-state index contributed by atoms with van der Waals surface area (Å²) in [6, 6.07) is 13.6. The molecule has 0 spiro atoms. The second-order valence-corrected chi connectivity index (χ2v) is 9.11. The number of carbonyl (C=O) groups is 1. The lowest BCUT2D eigenvalue weighted by atomic mass is 10.1. The number of nitrogens with one attached hydrogen (secondary N) is 1. The van der Waals surface area contributed by atoms with Crippen LogP contribution in [0.3, 0.4) is 0 Å². The summed E-state index contributed by atoms with van der Waals surface area (Å²) in [4.78, 5) is 12.4. The van der Waals surface area contributed by atoms with Crippen LogP contribution in [0.25, 0.3) is 0 Å². The molecule has 2 aromatic rings. The maximum Gasteiger partial charge on any atom is 0.271 e. The van der Waals surface area contributed by atoms with Crippen molar-refractivity contribution in [3.05, 3.63) is 65.2 Å². The number of hydrazone groups is 1. The minimum Gasteiger partial charge on any atom is -0.267 e. The molecule has 29 heavy (non-hydrogen) atoms. The molecule has 0 aliphatic heterocycles. The maximum absolute atomic E-state index is 12.7. The van der Waals surface area contributed by atoms with Crippen molar-refractivity contribution in [2.75, 3.05) is 7.05 Å². The van der Waals surface area contributed by atoms with E-state index in [2.05, 4.69) is 24.4 Å². The molecule has 0 fully saturated rings. The number of rotatable bonds is 9. The molecule has 0 atom stereocenters. The molecule has 1 amide bonds. The molecule has 0 aliphatic carbocycles. The molecule has 7 heteroatoms. The van der Waals surface area contributed by atoms with Crippen molar-refractivity contribution in [3.8, 4) is 0 Å². The Morgan fingerprint density at radius 2 is 1.66 bits per heavy atom. The van der Waals surface area contributed by atoms with Crippen molar-refractivity contribution < 1.29 is 13.2 Å². The van der Waals surface area contributed by atoms with Crippen molar-refractivity contribution in [1.82, 2.24) is 9.73 Å². The second-order valence-electron chi connectivity index (χ2n) is 7.07. The summed E-state index contributed by atoms with van der Waals surface area (Å²) >= 11 is 0. The summed E-state index contributed by atoms with van der Waals surface area (Å²) in [5, 5.41) is 4.02. The minimum absolute atomic E-state index is 0.213. The topological polar surface area (TPSA) is 78.8 Å². The van der Waals surface area contributed by atoms with Crippen LogP contribution in [0, 0.1) is 12.8 Å². The van der Waals surface area contributed by atoms with Gasteiger partial charge in [-0.3, -0.25) is 4.79 Å². The average Bonchev–Trinajstić information content (AvgIpc) is 2.72. The molecule has 156 valence electrons. The number of sulfonamides is 1. The molecule has 2 aromatic carbocycles. The van der Waals surface area contributed by atoms with Gasteiger partial charge in [-0.05, 0) is 55.5 Å².